The first-order chi connectivity index (χ1) is 10.5. The maximum atomic E-state index is 13.6. The fraction of sp³-hybridized carbons (Fsp3) is 0.600. The molecule has 0 unspecified atom stereocenters. The SMILES string of the molecule is COc1ccc(S(=O)(=O)NCCCN2CCCCC2)cc1F. The van der Waals surface area contributed by atoms with Crippen molar-refractivity contribution in [2.75, 3.05) is 33.3 Å². The van der Waals surface area contributed by atoms with Crippen LogP contribution >= 0.6 is 0 Å². The van der Waals surface area contributed by atoms with Crippen molar-refractivity contribution < 1.29 is 17.5 Å². The van der Waals surface area contributed by atoms with E-state index in [1.165, 1.54) is 38.5 Å². The van der Waals surface area contributed by atoms with Gasteiger partial charge in [-0.3, -0.25) is 0 Å². The number of hydrogen-bond acceptors (Lipinski definition) is 4. The molecule has 0 spiro atoms. The minimum absolute atomic E-state index is 0.0315. The second-order valence-corrected chi connectivity index (χ2v) is 7.22. The van der Waals surface area contributed by atoms with E-state index >= 15 is 0 Å². The van der Waals surface area contributed by atoms with Crippen LogP contribution in [0.2, 0.25) is 0 Å². The Morgan fingerprint density at radius 3 is 2.64 bits per heavy atom. The molecule has 0 amide bonds. The van der Waals surface area contributed by atoms with Crippen LogP contribution in [-0.2, 0) is 10.0 Å². The average Bonchev–Trinajstić information content (AvgIpc) is 2.52. The van der Waals surface area contributed by atoms with Gasteiger partial charge in [-0.05, 0) is 57.1 Å². The predicted octanol–water partition coefficient (Wildman–Crippen LogP) is 1.99. The monoisotopic (exact) mass is 330 g/mol. The summed E-state index contributed by atoms with van der Waals surface area (Å²) in [5.74, 6) is -0.650. The van der Waals surface area contributed by atoms with Crippen LogP contribution < -0.4 is 9.46 Å². The molecule has 1 aromatic rings. The van der Waals surface area contributed by atoms with Crippen molar-refractivity contribution in [3.63, 3.8) is 0 Å². The lowest BCUT2D eigenvalue weighted by Gasteiger charge is -2.26. The predicted molar refractivity (Wildman–Crippen MR) is 83.0 cm³/mol. The standard InChI is InChI=1S/C15H23FN2O3S/c1-21-15-7-6-13(12-14(15)16)22(19,20)17-8-5-11-18-9-3-2-4-10-18/h6-7,12,17H,2-5,8-11H2,1H3. The zero-order valence-corrected chi connectivity index (χ0v) is 13.7. The molecule has 0 saturated carbocycles. The van der Waals surface area contributed by atoms with Crippen LogP contribution in [0, 0.1) is 5.82 Å². The van der Waals surface area contributed by atoms with Crippen LogP contribution in [0.3, 0.4) is 0 Å². The van der Waals surface area contributed by atoms with Crippen LogP contribution in [-0.4, -0.2) is 46.6 Å². The number of piperidine rings is 1. The van der Waals surface area contributed by atoms with Crippen LogP contribution in [0.15, 0.2) is 23.1 Å². The molecule has 124 valence electrons. The van der Waals surface area contributed by atoms with Gasteiger partial charge in [0.2, 0.25) is 10.0 Å². The summed E-state index contributed by atoms with van der Waals surface area (Å²) in [7, 11) is -2.34. The first kappa shape index (κ1) is 17.2. The molecule has 0 bridgehead atoms. The first-order valence-corrected chi connectivity index (χ1v) is 9.07. The van der Waals surface area contributed by atoms with Gasteiger partial charge in [0, 0.05) is 6.54 Å². The summed E-state index contributed by atoms with van der Waals surface area (Å²) in [4.78, 5) is 2.27. The molecule has 2 rings (SSSR count). The van der Waals surface area contributed by atoms with E-state index in [4.69, 9.17) is 4.74 Å². The highest BCUT2D eigenvalue weighted by atomic mass is 32.2. The summed E-state index contributed by atoms with van der Waals surface area (Å²) in [6, 6.07) is 3.64. The number of methoxy groups -OCH3 is 1. The Morgan fingerprint density at radius 1 is 1.27 bits per heavy atom. The van der Waals surface area contributed by atoms with Crippen molar-refractivity contribution in [3.8, 4) is 5.75 Å². The largest absolute Gasteiger partial charge is 0.494 e. The van der Waals surface area contributed by atoms with Crippen molar-refractivity contribution in [1.82, 2.24) is 9.62 Å². The molecular formula is C15H23FN2O3S. The molecule has 1 aliphatic rings. The number of benzene rings is 1. The summed E-state index contributed by atoms with van der Waals surface area (Å²) in [6.07, 6.45) is 4.47. The summed E-state index contributed by atoms with van der Waals surface area (Å²) < 4.78 is 45.1. The van der Waals surface area contributed by atoms with Crippen LogP contribution in [0.5, 0.6) is 5.75 Å². The van der Waals surface area contributed by atoms with E-state index in [1.54, 1.807) is 0 Å². The van der Waals surface area contributed by atoms with Crippen molar-refractivity contribution in [2.24, 2.45) is 0 Å². The van der Waals surface area contributed by atoms with Gasteiger partial charge < -0.3 is 9.64 Å². The molecule has 1 fully saturated rings. The number of sulfonamides is 1. The van der Waals surface area contributed by atoms with Gasteiger partial charge in [0.1, 0.15) is 0 Å². The Kier molecular flexibility index (Phi) is 6.16. The van der Waals surface area contributed by atoms with Gasteiger partial charge in [0.05, 0.1) is 12.0 Å². The second-order valence-electron chi connectivity index (χ2n) is 5.45. The third kappa shape index (κ3) is 4.66. The zero-order chi connectivity index (χ0) is 16.0. The van der Waals surface area contributed by atoms with E-state index in [2.05, 4.69) is 9.62 Å². The Labute approximate surface area is 131 Å². The van der Waals surface area contributed by atoms with Gasteiger partial charge in [-0.2, -0.15) is 0 Å². The van der Waals surface area contributed by atoms with Gasteiger partial charge in [0.25, 0.3) is 0 Å². The van der Waals surface area contributed by atoms with Gasteiger partial charge in [-0.25, -0.2) is 17.5 Å². The lowest BCUT2D eigenvalue weighted by Crippen LogP contribution is -2.33. The van der Waals surface area contributed by atoms with Crippen LogP contribution in [0.4, 0.5) is 4.39 Å². The number of likely N-dealkylation sites (tertiary alicyclic amines) is 1. The van der Waals surface area contributed by atoms with Crippen molar-refractivity contribution in [1.29, 1.82) is 0 Å². The molecule has 7 heteroatoms. The molecule has 1 heterocycles. The van der Waals surface area contributed by atoms with E-state index in [0.717, 1.165) is 32.1 Å². The Hall–Kier alpha value is -1.18. The molecule has 0 radical (unpaired) electrons. The molecular weight excluding hydrogens is 307 g/mol. The first-order valence-electron chi connectivity index (χ1n) is 7.58. The van der Waals surface area contributed by atoms with Crippen molar-refractivity contribution >= 4 is 10.0 Å². The summed E-state index contributed by atoms with van der Waals surface area (Å²) in [6.45, 7) is 3.43. The maximum absolute atomic E-state index is 13.6. The fourth-order valence-corrected chi connectivity index (χ4v) is 3.68. The second kappa shape index (κ2) is 7.89. The van der Waals surface area contributed by atoms with Gasteiger partial charge in [0.15, 0.2) is 11.6 Å². The van der Waals surface area contributed by atoms with Crippen LogP contribution in [0.25, 0.3) is 0 Å². The van der Waals surface area contributed by atoms with Gasteiger partial charge >= 0.3 is 0 Å². The van der Waals surface area contributed by atoms with E-state index in [0.29, 0.717) is 6.54 Å². The minimum atomic E-state index is -3.67. The number of hydrogen-bond donors (Lipinski definition) is 1. The molecule has 0 aromatic heterocycles. The summed E-state index contributed by atoms with van der Waals surface area (Å²) >= 11 is 0. The molecule has 5 nitrogen and oxygen atoms in total. The number of rotatable bonds is 7. The van der Waals surface area contributed by atoms with Gasteiger partial charge in [-0.1, -0.05) is 6.42 Å². The van der Waals surface area contributed by atoms with E-state index in [1.807, 2.05) is 0 Å². The molecule has 0 aliphatic carbocycles. The molecule has 0 atom stereocenters. The molecule has 1 N–H and O–H groups in total. The van der Waals surface area contributed by atoms with Crippen LogP contribution in [0.1, 0.15) is 25.7 Å². The number of nitrogens with one attached hydrogen (secondary N) is 1. The maximum Gasteiger partial charge on any atom is 0.240 e. The number of nitrogens with zero attached hydrogens (tertiary/aromatic N) is 1. The summed E-state index contributed by atoms with van der Waals surface area (Å²) in [5.41, 5.74) is 0. The molecule has 1 aromatic carbocycles. The normalized spacial score (nSPS) is 16.6. The van der Waals surface area contributed by atoms with E-state index in [-0.39, 0.29) is 10.6 Å². The Balaban J connectivity index is 1.84. The Morgan fingerprint density at radius 2 is 2.00 bits per heavy atom. The highest BCUT2D eigenvalue weighted by Gasteiger charge is 2.16. The number of halogens is 1. The lowest BCUT2D eigenvalue weighted by atomic mass is 10.1. The average molecular weight is 330 g/mol. The minimum Gasteiger partial charge on any atom is -0.494 e. The Bertz CT molecular complexity index is 586. The lowest BCUT2D eigenvalue weighted by molar-refractivity contribution is 0.227. The topological polar surface area (TPSA) is 58.6 Å². The highest BCUT2D eigenvalue weighted by Crippen LogP contribution is 2.20. The highest BCUT2D eigenvalue weighted by molar-refractivity contribution is 7.89. The summed E-state index contributed by atoms with van der Waals surface area (Å²) in [5, 5.41) is 0. The van der Waals surface area contributed by atoms with Gasteiger partial charge in [-0.15, -0.1) is 0 Å². The number of ether oxygens (including phenoxy) is 1. The van der Waals surface area contributed by atoms with Crippen molar-refractivity contribution in [3.05, 3.63) is 24.0 Å². The molecule has 1 saturated heterocycles. The third-order valence-corrected chi connectivity index (χ3v) is 5.28. The molecule has 1 aliphatic heterocycles. The zero-order valence-electron chi connectivity index (χ0n) is 12.8. The van der Waals surface area contributed by atoms with E-state index < -0.39 is 15.8 Å². The van der Waals surface area contributed by atoms with E-state index in [9.17, 15) is 12.8 Å². The van der Waals surface area contributed by atoms with Crippen molar-refractivity contribution in [2.45, 2.75) is 30.6 Å². The smallest absolute Gasteiger partial charge is 0.240 e. The molecule has 22 heavy (non-hydrogen) atoms. The quantitative estimate of drug-likeness (QED) is 0.777. The third-order valence-electron chi connectivity index (χ3n) is 3.83. The fourth-order valence-electron chi connectivity index (χ4n) is 2.59.